The van der Waals surface area contributed by atoms with Crippen LogP contribution in [0.5, 0.6) is 0 Å². The second-order valence-corrected chi connectivity index (χ2v) is 8.72. The summed E-state index contributed by atoms with van der Waals surface area (Å²) < 4.78 is 7.42. The van der Waals surface area contributed by atoms with Crippen LogP contribution in [0.4, 0.5) is 5.13 Å². The van der Waals surface area contributed by atoms with Gasteiger partial charge in [-0.15, -0.1) is 0 Å². The number of amides is 1. The molecule has 0 spiro atoms. The first-order valence-corrected chi connectivity index (χ1v) is 11.0. The predicted molar refractivity (Wildman–Crippen MR) is 125 cm³/mol. The summed E-state index contributed by atoms with van der Waals surface area (Å²) in [7, 11) is 0. The van der Waals surface area contributed by atoms with Crippen LogP contribution < -0.4 is 10.3 Å². The van der Waals surface area contributed by atoms with Gasteiger partial charge in [0.2, 0.25) is 5.43 Å². The Morgan fingerprint density at radius 1 is 1.10 bits per heavy atom. The van der Waals surface area contributed by atoms with Crippen LogP contribution in [0.25, 0.3) is 21.2 Å². The summed E-state index contributed by atoms with van der Waals surface area (Å²) in [6, 6.07) is 18.1. The van der Waals surface area contributed by atoms with Crippen molar-refractivity contribution < 1.29 is 9.21 Å². The van der Waals surface area contributed by atoms with E-state index in [0.717, 1.165) is 14.7 Å². The van der Waals surface area contributed by atoms with Crippen LogP contribution >= 0.6 is 27.3 Å². The molecule has 0 saturated carbocycles. The lowest BCUT2D eigenvalue weighted by molar-refractivity contribution is 0.0982. The molecule has 2 aromatic carbocycles. The average Bonchev–Trinajstić information content (AvgIpc) is 3.21. The van der Waals surface area contributed by atoms with Gasteiger partial charge in [0.25, 0.3) is 5.91 Å². The van der Waals surface area contributed by atoms with Crippen LogP contribution in [0.15, 0.2) is 86.8 Å². The maximum absolute atomic E-state index is 13.6. The molecule has 1 amide bonds. The van der Waals surface area contributed by atoms with Crippen LogP contribution in [0.1, 0.15) is 16.1 Å². The topological polar surface area (TPSA) is 76.3 Å². The van der Waals surface area contributed by atoms with Gasteiger partial charge >= 0.3 is 0 Å². The lowest BCUT2D eigenvalue weighted by atomic mass is 10.1. The summed E-state index contributed by atoms with van der Waals surface area (Å²) in [6.45, 7) is 0.174. The third kappa shape index (κ3) is 3.75. The van der Waals surface area contributed by atoms with Crippen LogP contribution in [-0.2, 0) is 6.54 Å². The van der Waals surface area contributed by atoms with Gasteiger partial charge in [-0.2, -0.15) is 0 Å². The third-order valence-corrected chi connectivity index (χ3v) is 6.31. The number of nitrogens with zero attached hydrogens (tertiary/aromatic N) is 3. The number of pyridine rings is 1. The van der Waals surface area contributed by atoms with E-state index >= 15 is 0 Å². The fraction of sp³-hybridized carbons (Fsp3) is 0.0435. The summed E-state index contributed by atoms with van der Waals surface area (Å²) in [4.78, 5) is 37.0. The summed E-state index contributed by atoms with van der Waals surface area (Å²) >= 11 is 4.84. The van der Waals surface area contributed by atoms with Gasteiger partial charge in [-0.1, -0.05) is 45.5 Å². The van der Waals surface area contributed by atoms with E-state index in [0.29, 0.717) is 21.8 Å². The number of carbonyl (C=O) groups excluding carboxylic acids is 1. The lowest BCUT2D eigenvalue weighted by Crippen LogP contribution is -2.34. The molecule has 0 atom stereocenters. The Bertz CT molecular complexity index is 1480. The monoisotopic (exact) mass is 491 g/mol. The third-order valence-electron chi connectivity index (χ3n) is 4.77. The van der Waals surface area contributed by atoms with E-state index < -0.39 is 5.91 Å². The van der Waals surface area contributed by atoms with Crippen molar-refractivity contribution >= 4 is 59.5 Å². The number of hydrogen-bond acceptors (Lipinski definition) is 6. The Morgan fingerprint density at radius 2 is 1.94 bits per heavy atom. The van der Waals surface area contributed by atoms with Gasteiger partial charge in [-0.3, -0.25) is 19.5 Å². The Morgan fingerprint density at radius 3 is 2.77 bits per heavy atom. The molecule has 5 rings (SSSR count). The molecule has 8 heteroatoms. The molecule has 0 radical (unpaired) electrons. The molecule has 0 unspecified atom stereocenters. The second kappa shape index (κ2) is 8.05. The van der Waals surface area contributed by atoms with Crippen LogP contribution in [-0.4, -0.2) is 15.9 Å². The van der Waals surface area contributed by atoms with E-state index in [2.05, 4.69) is 25.9 Å². The van der Waals surface area contributed by atoms with Crippen molar-refractivity contribution in [3.8, 4) is 0 Å². The highest BCUT2D eigenvalue weighted by atomic mass is 79.9. The fourth-order valence-electron chi connectivity index (χ4n) is 3.25. The van der Waals surface area contributed by atoms with Crippen LogP contribution in [0.3, 0.4) is 0 Å². The molecule has 0 aliphatic heterocycles. The van der Waals surface area contributed by atoms with E-state index in [9.17, 15) is 9.59 Å². The first-order valence-electron chi connectivity index (χ1n) is 9.38. The Labute approximate surface area is 188 Å². The van der Waals surface area contributed by atoms with Crippen molar-refractivity contribution in [2.45, 2.75) is 6.54 Å². The number of para-hydroxylation sites is 1. The smallest absolute Gasteiger partial charge is 0.267 e. The highest BCUT2D eigenvalue weighted by molar-refractivity contribution is 9.10. The summed E-state index contributed by atoms with van der Waals surface area (Å²) in [5.41, 5.74) is 1.47. The maximum Gasteiger partial charge on any atom is 0.267 e. The molecule has 5 aromatic rings. The van der Waals surface area contributed by atoms with E-state index in [4.69, 9.17) is 4.42 Å². The van der Waals surface area contributed by atoms with Crippen molar-refractivity contribution in [1.29, 1.82) is 0 Å². The molecule has 6 nitrogen and oxygen atoms in total. The molecule has 31 heavy (non-hydrogen) atoms. The first kappa shape index (κ1) is 19.6. The molecule has 3 aromatic heterocycles. The number of carbonyl (C=O) groups is 1. The van der Waals surface area contributed by atoms with Crippen molar-refractivity contribution in [1.82, 2.24) is 9.97 Å². The number of benzene rings is 2. The maximum atomic E-state index is 13.6. The molecular formula is C23H14BrN3O3S. The molecule has 0 fully saturated rings. The minimum Gasteiger partial charge on any atom is -0.463 e. The molecule has 0 bridgehead atoms. The molecule has 152 valence electrons. The van der Waals surface area contributed by atoms with Crippen molar-refractivity contribution in [2.24, 2.45) is 0 Å². The van der Waals surface area contributed by atoms with Gasteiger partial charge in [0.05, 0.1) is 27.8 Å². The lowest BCUT2D eigenvalue weighted by Gasteiger charge is -2.19. The Balaban J connectivity index is 1.63. The Hall–Kier alpha value is -3.36. The zero-order valence-electron chi connectivity index (χ0n) is 16.0. The summed E-state index contributed by atoms with van der Waals surface area (Å²) in [5.74, 6) is -0.483. The standard InChI is InChI=1S/C23H14BrN3O3S/c24-14-8-9-18-20(11-14)31-23(26-18)27(12-15-5-3-4-10-25-15)22(29)17-13-30-19-7-2-1-6-16(19)21(17)28/h1-11,13H,12H2. The van der Waals surface area contributed by atoms with Crippen molar-refractivity contribution in [2.75, 3.05) is 4.90 Å². The molecule has 0 N–H and O–H groups in total. The van der Waals surface area contributed by atoms with Gasteiger partial charge in [-0.25, -0.2) is 4.98 Å². The average molecular weight is 492 g/mol. The first-order chi connectivity index (χ1) is 15.1. The zero-order chi connectivity index (χ0) is 21.4. The summed E-state index contributed by atoms with van der Waals surface area (Å²) in [5, 5.41) is 0.843. The zero-order valence-corrected chi connectivity index (χ0v) is 18.4. The van der Waals surface area contributed by atoms with Crippen molar-refractivity contribution in [3.63, 3.8) is 0 Å². The van der Waals surface area contributed by atoms with Crippen LogP contribution in [0.2, 0.25) is 0 Å². The number of anilines is 1. The van der Waals surface area contributed by atoms with E-state index in [1.54, 1.807) is 30.5 Å². The molecule has 0 aliphatic carbocycles. The number of halogens is 1. The SMILES string of the molecule is O=C(c1coc2ccccc2c1=O)N(Cc1ccccn1)c1nc2ccc(Br)cc2s1. The minimum atomic E-state index is -0.483. The number of fused-ring (bicyclic) bond motifs is 2. The normalized spacial score (nSPS) is 11.1. The highest BCUT2D eigenvalue weighted by Crippen LogP contribution is 2.32. The predicted octanol–water partition coefficient (Wildman–Crippen LogP) is 5.41. The number of rotatable bonds is 4. The van der Waals surface area contributed by atoms with Gasteiger partial charge in [0, 0.05) is 10.7 Å². The van der Waals surface area contributed by atoms with Gasteiger partial charge in [0.15, 0.2) is 5.13 Å². The Kier molecular flexibility index (Phi) is 5.09. The van der Waals surface area contributed by atoms with Gasteiger partial charge in [0.1, 0.15) is 17.4 Å². The van der Waals surface area contributed by atoms with E-state index in [-0.39, 0.29) is 17.5 Å². The molecule has 3 heterocycles. The largest absolute Gasteiger partial charge is 0.463 e. The number of aromatic nitrogens is 2. The second-order valence-electron chi connectivity index (χ2n) is 6.80. The molecule has 0 aliphatic rings. The quantitative estimate of drug-likeness (QED) is 0.336. The fourth-order valence-corrected chi connectivity index (χ4v) is 4.77. The van der Waals surface area contributed by atoms with Gasteiger partial charge in [-0.05, 0) is 42.5 Å². The van der Waals surface area contributed by atoms with Crippen molar-refractivity contribution in [3.05, 3.63) is 99.1 Å². The van der Waals surface area contributed by atoms with E-state index in [1.807, 2.05) is 36.4 Å². The number of thiazole rings is 1. The van der Waals surface area contributed by atoms with Crippen LogP contribution in [0, 0.1) is 0 Å². The minimum absolute atomic E-state index is 0.0462. The van der Waals surface area contributed by atoms with E-state index in [1.165, 1.54) is 22.5 Å². The highest BCUT2D eigenvalue weighted by Gasteiger charge is 2.25. The molecular weight excluding hydrogens is 478 g/mol. The molecule has 0 saturated heterocycles. The summed E-state index contributed by atoms with van der Waals surface area (Å²) in [6.07, 6.45) is 2.89. The van der Waals surface area contributed by atoms with Gasteiger partial charge < -0.3 is 4.42 Å². The number of hydrogen-bond donors (Lipinski definition) is 0.